The summed E-state index contributed by atoms with van der Waals surface area (Å²) < 4.78 is 6.45. The molecule has 21 heavy (non-hydrogen) atoms. The Hall–Kier alpha value is -0.970. The summed E-state index contributed by atoms with van der Waals surface area (Å²) in [6, 6.07) is 14.5. The fraction of sp³-hybridized carbons (Fsp3) is 0.294. The van der Waals surface area contributed by atoms with Gasteiger partial charge < -0.3 is 10.5 Å². The highest BCUT2D eigenvalue weighted by Crippen LogP contribution is 2.26. The SMILES string of the molecule is COc1ccc(Br)cc1CC(N)CSc1ccccc1C. The minimum absolute atomic E-state index is 0.0952. The molecule has 0 bridgehead atoms. The van der Waals surface area contributed by atoms with Crippen molar-refractivity contribution in [3.05, 3.63) is 58.1 Å². The lowest BCUT2D eigenvalue weighted by molar-refractivity contribution is 0.408. The Labute approximate surface area is 139 Å². The van der Waals surface area contributed by atoms with Gasteiger partial charge in [0, 0.05) is 21.2 Å². The van der Waals surface area contributed by atoms with Crippen LogP contribution in [-0.2, 0) is 6.42 Å². The van der Waals surface area contributed by atoms with Crippen LogP contribution in [-0.4, -0.2) is 18.9 Å². The molecule has 0 aliphatic heterocycles. The summed E-state index contributed by atoms with van der Waals surface area (Å²) in [6.45, 7) is 2.13. The maximum Gasteiger partial charge on any atom is 0.122 e. The summed E-state index contributed by atoms with van der Waals surface area (Å²) in [5, 5.41) is 0. The zero-order valence-corrected chi connectivity index (χ0v) is 14.7. The number of halogens is 1. The summed E-state index contributed by atoms with van der Waals surface area (Å²) in [7, 11) is 1.69. The van der Waals surface area contributed by atoms with Crippen LogP contribution in [0.5, 0.6) is 5.75 Å². The van der Waals surface area contributed by atoms with Crippen LogP contribution in [0.3, 0.4) is 0 Å². The van der Waals surface area contributed by atoms with Gasteiger partial charge in [-0.1, -0.05) is 34.1 Å². The zero-order valence-electron chi connectivity index (χ0n) is 12.3. The summed E-state index contributed by atoms with van der Waals surface area (Å²) in [5.41, 5.74) is 8.73. The first-order chi connectivity index (χ1) is 10.1. The molecule has 0 heterocycles. The molecule has 0 fully saturated rings. The van der Waals surface area contributed by atoms with E-state index in [0.717, 1.165) is 28.0 Å². The topological polar surface area (TPSA) is 35.2 Å². The molecule has 0 aliphatic rings. The molecule has 0 aromatic heterocycles. The molecule has 112 valence electrons. The van der Waals surface area contributed by atoms with Crippen LogP contribution in [0, 0.1) is 6.92 Å². The van der Waals surface area contributed by atoms with Crippen molar-refractivity contribution in [2.45, 2.75) is 24.3 Å². The molecule has 0 saturated carbocycles. The lowest BCUT2D eigenvalue weighted by Gasteiger charge is -2.15. The van der Waals surface area contributed by atoms with E-state index < -0.39 is 0 Å². The van der Waals surface area contributed by atoms with Crippen molar-refractivity contribution >= 4 is 27.7 Å². The smallest absolute Gasteiger partial charge is 0.122 e. The third-order valence-corrected chi connectivity index (χ3v) is 5.13. The van der Waals surface area contributed by atoms with Crippen molar-refractivity contribution < 1.29 is 4.74 Å². The van der Waals surface area contributed by atoms with Crippen molar-refractivity contribution in [1.82, 2.24) is 0 Å². The van der Waals surface area contributed by atoms with Crippen LogP contribution >= 0.6 is 27.7 Å². The molecule has 2 N–H and O–H groups in total. The number of ether oxygens (including phenoxy) is 1. The van der Waals surface area contributed by atoms with Crippen molar-refractivity contribution in [2.75, 3.05) is 12.9 Å². The summed E-state index contributed by atoms with van der Waals surface area (Å²) >= 11 is 5.31. The molecule has 0 radical (unpaired) electrons. The summed E-state index contributed by atoms with van der Waals surface area (Å²) in [5.74, 6) is 1.79. The number of aryl methyl sites for hydroxylation is 1. The fourth-order valence-corrected chi connectivity index (χ4v) is 3.55. The second kappa shape index (κ2) is 7.87. The van der Waals surface area contributed by atoms with E-state index in [4.69, 9.17) is 10.5 Å². The fourth-order valence-electron chi connectivity index (χ4n) is 2.16. The summed E-state index contributed by atoms with van der Waals surface area (Å²) in [4.78, 5) is 1.30. The highest BCUT2D eigenvalue weighted by atomic mass is 79.9. The largest absolute Gasteiger partial charge is 0.496 e. The van der Waals surface area contributed by atoms with Crippen LogP contribution < -0.4 is 10.5 Å². The monoisotopic (exact) mass is 365 g/mol. The second-order valence-electron chi connectivity index (χ2n) is 5.00. The molecule has 0 spiro atoms. The molecular weight excluding hydrogens is 346 g/mol. The predicted molar refractivity (Wildman–Crippen MR) is 94.3 cm³/mol. The van der Waals surface area contributed by atoms with Gasteiger partial charge in [0.2, 0.25) is 0 Å². The van der Waals surface area contributed by atoms with Gasteiger partial charge in [-0.15, -0.1) is 11.8 Å². The quantitative estimate of drug-likeness (QED) is 0.769. The molecule has 0 saturated heterocycles. The molecule has 0 amide bonds. The van der Waals surface area contributed by atoms with Crippen molar-refractivity contribution in [3.63, 3.8) is 0 Å². The molecule has 2 nitrogen and oxygen atoms in total. The normalized spacial score (nSPS) is 12.2. The van der Waals surface area contributed by atoms with Gasteiger partial charge in [0.25, 0.3) is 0 Å². The number of rotatable bonds is 6. The van der Waals surface area contributed by atoms with Crippen LogP contribution in [0.4, 0.5) is 0 Å². The van der Waals surface area contributed by atoms with E-state index in [-0.39, 0.29) is 6.04 Å². The molecule has 2 aromatic carbocycles. The maximum absolute atomic E-state index is 6.29. The van der Waals surface area contributed by atoms with Crippen molar-refractivity contribution in [2.24, 2.45) is 5.73 Å². The van der Waals surface area contributed by atoms with Crippen LogP contribution in [0.2, 0.25) is 0 Å². The van der Waals surface area contributed by atoms with Gasteiger partial charge in [0.1, 0.15) is 5.75 Å². The standard InChI is InChI=1S/C17H20BrNOS/c1-12-5-3-4-6-17(12)21-11-15(19)10-13-9-14(18)7-8-16(13)20-2/h3-9,15H,10-11,19H2,1-2H3. The van der Waals surface area contributed by atoms with E-state index >= 15 is 0 Å². The minimum atomic E-state index is 0.0952. The molecule has 4 heteroatoms. The Morgan fingerprint density at radius 2 is 2.00 bits per heavy atom. The third-order valence-electron chi connectivity index (χ3n) is 3.27. The predicted octanol–water partition coefficient (Wildman–Crippen LogP) is 4.43. The lowest BCUT2D eigenvalue weighted by atomic mass is 10.1. The van der Waals surface area contributed by atoms with Gasteiger partial charge >= 0.3 is 0 Å². The average Bonchev–Trinajstić information content (AvgIpc) is 2.47. The van der Waals surface area contributed by atoms with Crippen LogP contribution in [0.25, 0.3) is 0 Å². The van der Waals surface area contributed by atoms with Crippen molar-refractivity contribution in [1.29, 1.82) is 0 Å². The Morgan fingerprint density at radius 1 is 1.24 bits per heavy atom. The van der Waals surface area contributed by atoms with E-state index in [0.29, 0.717) is 0 Å². The first-order valence-corrected chi connectivity index (χ1v) is 8.64. The van der Waals surface area contributed by atoms with E-state index in [1.54, 1.807) is 7.11 Å². The number of hydrogen-bond acceptors (Lipinski definition) is 3. The molecule has 2 aromatic rings. The number of thioether (sulfide) groups is 1. The van der Waals surface area contributed by atoms with Gasteiger partial charge in [-0.3, -0.25) is 0 Å². The number of methoxy groups -OCH3 is 1. The molecule has 2 rings (SSSR count). The number of benzene rings is 2. The number of nitrogens with two attached hydrogens (primary N) is 1. The highest BCUT2D eigenvalue weighted by molar-refractivity contribution is 9.10. The Bertz CT molecular complexity index is 603. The first kappa shape index (κ1) is 16.4. The second-order valence-corrected chi connectivity index (χ2v) is 6.97. The van der Waals surface area contributed by atoms with Crippen molar-refractivity contribution in [3.8, 4) is 5.75 Å². The zero-order chi connectivity index (χ0) is 15.2. The highest BCUT2D eigenvalue weighted by Gasteiger charge is 2.10. The number of hydrogen-bond donors (Lipinski definition) is 1. The Balaban J connectivity index is 1.97. The minimum Gasteiger partial charge on any atom is -0.496 e. The van der Waals surface area contributed by atoms with E-state index in [1.807, 2.05) is 23.9 Å². The third kappa shape index (κ3) is 4.77. The Kier molecular flexibility index (Phi) is 6.15. The Morgan fingerprint density at radius 3 is 2.71 bits per heavy atom. The molecule has 1 unspecified atom stereocenters. The van der Waals surface area contributed by atoms with Gasteiger partial charge in [0.05, 0.1) is 7.11 Å². The lowest BCUT2D eigenvalue weighted by Crippen LogP contribution is -2.25. The van der Waals surface area contributed by atoms with Crippen LogP contribution in [0.15, 0.2) is 51.8 Å². The summed E-state index contributed by atoms with van der Waals surface area (Å²) in [6.07, 6.45) is 0.807. The van der Waals surface area contributed by atoms with E-state index in [9.17, 15) is 0 Å². The van der Waals surface area contributed by atoms with Gasteiger partial charge in [0.15, 0.2) is 0 Å². The molecule has 0 aliphatic carbocycles. The van der Waals surface area contributed by atoms with Gasteiger partial charge in [-0.05, 0) is 48.7 Å². The van der Waals surface area contributed by atoms with E-state index in [2.05, 4.69) is 53.2 Å². The van der Waals surface area contributed by atoms with Gasteiger partial charge in [-0.25, -0.2) is 0 Å². The van der Waals surface area contributed by atoms with Crippen LogP contribution in [0.1, 0.15) is 11.1 Å². The molecular formula is C17H20BrNOS. The van der Waals surface area contributed by atoms with Gasteiger partial charge in [-0.2, -0.15) is 0 Å². The maximum atomic E-state index is 6.29. The first-order valence-electron chi connectivity index (χ1n) is 6.86. The molecule has 1 atom stereocenters. The van der Waals surface area contributed by atoms with E-state index in [1.165, 1.54) is 10.5 Å². The average molecular weight is 366 g/mol.